The fourth-order valence-electron chi connectivity index (χ4n) is 4.62. The second-order valence-electron chi connectivity index (χ2n) is 7.77. The fourth-order valence-corrected chi connectivity index (χ4v) is 5.35. The van der Waals surface area contributed by atoms with E-state index in [-0.39, 0.29) is 11.3 Å². The van der Waals surface area contributed by atoms with Crippen LogP contribution in [0.25, 0.3) is 10.4 Å². The highest BCUT2D eigenvalue weighted by atomic mass is 32.1. The van der Waals surface area contributed by atoms with Crippen LogP contribution in [0.5, 0.6) is 0 Å². The van der Waals surface area contributed by atoms with Crippen LogP contribution in [0.15, 0.2) is 41.8 Å². The maximum absolute atomic E-state index is 12.8. The van der Waals surface area contributed by atoms with E-state index in [1.807, 2.05) is 0 Å². The molecule has 132 valence electrons. The van der Waals surface area contributed by atoms with Gasteiger partial charge in [-0.3, -0.25) is 4.79 Å². The molecule has 1 aliphatic carbocycles. The third-order valence-corrected chi connectivity index (χ3v) is 7.20. The van der Waals surface area contributed by atoms with Gasteiger partial charge in [0.15, 0.2) is 0 Å². The van der Waals surface area contributed by atoms with Crippen molar-refractivity contribution in [1.29, 1.82) is 0 Å². The summed E-state index contributed by atoms with van der Waals surface area (Å²) in [5, 5.41) is 2.12. The summed E-state index contributed by atoms with van der Waals surface area (Å²) in [6.45, 7) is 6.43. The van der Waals surface area contributed by atoms with Crippen molar-refractivity contribution in [1.82, 2.24) is 4.90 Å². The van der Waals surface area contributed by atoms with Crippen LogP contribution in [0.3, 0.4) is 0 Å². The lowest BCUT2D eigenvalue weighted by molar-refractivity contribution is -0.130. The molecule has 0 spiro atoms. The summed E-state index contributed by atoms with van der Waals surface area (Å²) in [5.41, 5.74) is 2.67. The van der Waals surface area contributed by atoms with Crippen molar-refractivity contribution < 1.29 is 4.79 Å². The number of rotatable bonds is 7. The van der Waals surface area contributed by atoms with Gasteiger partial charge in [0.05, 0.1) is 5.92 Å². The highest BCUT2D eigenvalue weighted by Crippen LogP contribution is 2.64. The molecule has 0 bridgehead atoms. The average molecular weight is 354 g/mol. The number of carbonyl (C=O) groups excluding carboxylic acids is 1. The van der Waals surface area contributed by atoms with E-state index in [1.54, 1.807) is 11.3 Å². The van der Waals surface area contributed by atoms with E-state index in [0.717, 1.165) is 19.5 Å². The Kier molecular flexibility index (Phi) is 4.45. The van der Waals surface area contributed by atoms with Crippen LogP contribution < -0.4 is 0 Å². The number of nitrogens with zero attached hydrogens (tertiary/aromatic N) is 1. The van der Waals surface area contributed by atoms with Gasteiger partial charge >= 0.3 is 0 Å². The smallest absolute Gasteiger partial charge is 0.226 e. The van der Waals surface area contributed by atoms with E-state index in [0.29, 0.717) is 11.8 Å². The molecule has 1 amide bonds. The lowest BCUT2D eigenvalue weighted by Gasteiger charge is -2.25. The van der Waals surface area contributed by atoms with E-state index in [1.165, 1.54) is 35.3 Å². The molecule has 2 aromatic rings. The van der Waals surface area contributed by atoms with Gasteiger partial charge in [-0.1, -0.05) is 57.4 Å². The standard InChI is InChI=1S/C22H27NOS/c1-3-4-5-6-12-23-15-18-20(21(23)24)22(18,2)17-10-7-9-16(14-17)19-11-8-13-25-19/h7-11,13-14,18,20H,3-6,12,15H2,1-2H3/t18?,20?,22-/m0/s1. The van der Waals surface area contributed by atoms with Gasteiger partial charge in [0.25, 0.3) is 0 Å². The first kappa shape index (κ1) is 16.8. The Morgan fingerprint density at radius 1 is 1.20 bits per heavy atom. The molecule has 1 saturated carbocycles. The number of hydrogen-bond acceptors (Lipinski definition) is 2. The maximum Gasteiger partial charge on any atom is 0.226 e. The molecule has 0 N–H and O–H groups in total. The maximum atomic E-state index is 12.8. The third kappa shape index (κ3) is 2.83. The molecule has 3 atom stereocenters. The minimum atomic E-state index is 0.0459. The number of carbonyl (C=O) groups is 1. The Balaban J connectivity index is 1.46. The molecular weight excluding hydrogens is 326 g/mol. The predicted octanol–water partition coefficient (Wildman–Crippen LogP) is 5.34. The van der Waals surface area contributed by atoms with Crippen molar-refractivity contribution in [2.45, 2.75) is 44.9 Å². The zero-order chi connectivity index (χ0) is 17.4. The average Bonchev–Trinajstić information content (AvgIpc) is 3.02. The number of likely N-dealkylation sites (tertiary alicyclic amines) is 1. The molecule has 1 aromatic heterocycles. The molecule has 1 aromatic carbocycles. The largest absolute Gasteiger partial charge is 0.342 e. The van der Waals surface area contributed by atoms with Crippen LogP contribution in [-0.2, 0) is 10.2 Å². The SMILES string of the molecule is CCCCCCN1CC2C(C1=O)[C@@]2(C)c1cccc(-c2cccs2)c1. The van der Waals surface area contributed by atoms with Crippen LogP contribution in [0.4, 0.5) is 0 Å². The Morgan fingerprint density at radius 3 is 2.76 bits per heavy atom. The molecule has 1 saturated heterocycles. The van der Waals surface area contributed by atoms with Crippen molar-refractivity contribution >= 4 is 17.2 Å². The van der Waals surface area contributed by atoms with Crippen LogP contribution in [0.2, 0.25) is 0 Å². The van der Waals surface area contributed by atoms with Gasteiger partial charge in [0.1, 0.15) is 0 Å². The zero-order valence-electron chi connectivity index (χ0n) is 15.2. The second-order valence-corrected chi connectivity index (χ2v) is 8.72. The molecule has 25 heavy (non-hydrogen) atoms. The summed E-state index contributed by atoms with van der Waals surface area (Å²) in [6.07, 6.45) is 4.93. The first-order valence-corrected chi connectivity index (χ1v) is 10.5. The summed E-state index contributed by atoms with van der Waals surface area (Å²) in [6, 6.07) is 13.1. The molecule has 3 heteroatoms. The summed E-state index contributed by atoms with van der Waals surface area (Å²) in [4.78, 5) is 16.3. The summed E-state index contributed by atoms with van der Waals surface area (Å²) < 4.78 is 0. The van der Waals surface area contributed by atoms with Gasteiger partial charge in [-0.25, -0.2) is 0 Å². The van der Waals surface area contributed by atoms with Crippen LogP contribution in [0, 0.1) is 11.8 Å². The first-order valence-electron chi connectivity index (χ1n) is 9.59. The quantitative estimate of drug-likeness (QED) is 0.615. The number of benzene rings is 1. The monoisotopic (exact) mass is 353 g/mol. The molecule has 2 unspecified atom stereocenters. The predicted molar refractivity (Wildman–Crippen MR) is 105 cm³/mol. The Bertz CT molecular complexity index is 753. The molecule has 1 aliphatic heterocycles. The molecule has 4 rings (SSSR count). The van der Waals surface area contributed by atoms with Crippen LogP contribution in [0.1, 0.15) is 45.1 Å². The number of thiophene rings is 1. The van der Waals surface area contributed by atoms with E-state index in [2.05, 4.69) is 60.5 Å². The highest BCUT2D eigenvalue weighted by molar-refractivity contribution is 7.13. The molecule has 2 fully saturated rings. The number of hydrogen-bond donors (Lipinski definition) is 0. The molecule has 2 aliphatic rings. The highest BCUT2D eigenvalue weighted by Gasteiger charge is 2.70. The summed E-state index contributed by atoms with van der Waals surface area (Å²) in [5.74, 6) is 1.10. The fraction of sp³-hybridized carbons (Fsp3) is 0.500. The summed E-state index contributed by atoms with van der Waals surface area (Å²) >= 11 is 1.78. The number of amides is 1. The van der Waals surface area contributed by atoms with Crippen LogP contribution in [-0.4, -0.2) is 23.9 Å². The molecule has 2 nitrogen and oxygen atoms in total. The normalized spacial score (nSPS) is 27.6. The van der Waals surface area contributed by atoms with Crippen LogP contribution >= 0.6 is 11.3 Å². The molecular formula is C22H27NOS. The van der Waals surface area contributed by atoms with Crippen molar-refractivity contribution in [3.05, 3.63) is 47.3 Å². The van der Waals surface area contributed by atoms with E-state index >= 15 is 0 Å². The van der Waals surface area contributed by atoms with Crippen molar-refractivity contribution in [2.75, 3.05) is 13.1 Å². The Labute approximate surface area is 154 Å². The zero-order valence-corrected chi connectivity index (χ0v) is 16.0. The van der Waals surface area contributed by atoms with Crippen molar-refractivity contribution in [2.24, 2.45) is 11.8 Å². The molecule has 2 heterocycles. The van der Waals surface area contributed by atoms with Gasteiger partial charge in [0, 0.05) is 23.4 Å². The topological polar surface area (TPSA) is 20.3 Å². The second kappa shape index (κ2) is 6.60. The van der Waals surface area contributed by atoms with Gasteiger partial charge < -0.3 is 4.90 Å². The van der Waals surface area contributed by atoms with E-state index < -0.39 is 0 Å². The first-order chi connectivity index (χ1) is 12.2. The molecule has 0 radical (unpaired) electrons. The van der Waals surface area contributed by atoms with Crippen molar-refractivity contribution in [3.63, 3.8) is 0 Å². The number of unbranched alkanes of at least 4 members (excludes halogenated alkanes) is 3. The Hall–Kier alpha value is -1.61. The van der Waals surface area contributed by atoms with Gasteiger partial charge in [-0.15, -0.1) is 11.3 Å². The summed E-state index contributed by atoms with van der Waals surface area (Å²) in [7, 11) is 0. The Morgan fingerprint density at radius 2 is 2.08 bits per heavy atom. The third-order valence-electron chi connectivity index (χ3n) is 6.28. The number of fused-ring (bicyclic) bond motifs is 1. The van der Waals surface area contributed by atoms with Gasteiger partial charge in [0.2, 0.25) is 5.91 Å². The lowest BCUT2D eigenvalue weighted by atomic mass is 9.90. The van der Waals surface area contributed by atoms with Gasteiger partial charge in [-0.2, -0.15) is 0 Å². The number of piperidine rings is 1. The van der Waals surface area contributed by atoms with Crippen molar-refractivity contribution in [3.8, 4) is 10.4 Å². The lowest BCUT2D eigenvalue weighted by Crippen LogP contribution is -2.34. The van der Waals surface area contributed by atoms with Gasteiger partial charge in [-0.05, 0) is 41.0 Å². The minimum Gasteiger partial charge on any atom is -0.342 e. The van der Waals surface area contributed by atoms with E-state index in [4.69, 9.17) is 0 Å². The minimum absolute atomic E-state index is 0.0459. The van der Waals surface area contributed by atoms with E-state index in [9.17, 15) is 4.79 Å².